The van der Waals surface area contributed by atoms with Crippen molar-refractivity contribution in [3.63, 3.8) is 0 Å². The lowest BCUT2D eigenvalue weighted by Crippen LogP contribution is -2.36. The number of aromatic nitrogens is 2. The molecule has 1 aromatic carbocycles. The summed E-state index contributed by atoms with van der Waals surface area (Å²) in [6.07, 6.45) is 9.79. The third-order valence-corrected chi connectivity index (χ3v) is 4.82. The van der Waals surface area contributed by atoms with Crippen LogP contribution in [0.5, 0.6) is 0 Å². The van der Waals surface area contributed by atoms with Crippen molar-refractivity contribution in [1.82, 2.24) is 9.97 Å². The first-order valence-electron chi connectivity index (χ1n) is 8.31. The van der Waals surface area contributed by atoms with Crippen molar-refractivity contribution in [2.75, 3.05) is 11.9 Å². The molecule has 0 bridgehead atoms. The number of hydrogen-bond donors (Lipinski definition) is 3. The molecular weight excluding hydrogens is 359 g/mol. The van der Waals surface area contributed by atoms with Crippen LogP contribution in [0.15, 0.2) is 36.7 Å². The van der Waals surface area contributed by atoms with Crippen molar-refractivity contribution < 1.29 is 4.79 Å². The zero-order valence-corrected chi connectivity index (χ0v) is 15.8. The molecule has 1 saturated carbocycles. The molecule has 5 nitrogen and oxygen atoms in total. The minimum absolute atomic E-state index is 0. The Labute approximate surface area is 161 Å². The third kappa shape index (κ3) is 5.46. The van der Waals surface area contributed by atoms with Crippen LogP contribution < -0.4 is 11.1 Å². The fraction of sp³-hybridized carbons (Fsp3) is 0.444. The predicted molar refractivity (Wildman–Crippen MR) is 106 cm³/mol. The minimum atomic E-state index is -0.00353. The molecular formula is C18H26Cl2N4O. The number of halogens is 2. The van der Waals surface area contributed by atoms with Crippen LogP contribution in [0.25, 0.3) is 11.4 Å². The summed E-state index contributed by atoms with van der Waals surface area (Å²) in [6.45, 7) is 0.595. The zero-order chi connectivity index (χ0) is 16.1. The first kappa shape index (κ1) is 21.5. The number of aromatic amines is 1. The number of anilines is 1. The van der Waals surface area contributed by atoms with Crippen LogP contribution in [-0.2, 0) is 4.79 Å². The van der Waals surface area contributed by atoms with Gasteiger partial charge in [-0.2, -0.15) is 0 Å². The molecule has 0 saturated heterocycles. The summed E-state index contributed by atoms with van der Waals surface area (Å²) in [5.41, 5.74) is 7.77. The van der Waals surface area contributed by atoms with E-state index >= 15 is 0 Å². The first-order valence-corrected chi connectivity index (χ1v) is 8.31. The molecule has 0 spiro atoms. The van der Waals surface area contributed by atoms with Gasteiger partial charge >= 0.3 is 0 Å². The molecule has 0 aliphatic heterocycles. The van der Waals surface area contributed by atoms with Crippen LogP contribution in [0, 0.1) is 5.41 Å². The Morgan fingerprint density at radius 3 is 2.40 bits per heavy atom. The minimum Gasteiger partial charge on any atom is -0.345 e. The standard InChI is InChI=1S/C18H24N4O.2ClH/c19-13-18(8-2-1-3-9-18)12-16(23)22-15-6-4-14(5-7-15)17-20-10-11-21-17;;/h4-7,10-11H,1-3,8-9,12-13,19H2,(H,20,21)(H,22,23);2*1H. The van der Waals surface area contributed by atoms with Gasteiger partial charge in [-0.25, -0.2) is 4.98 Å². The van der Waals surface area contributed by atoms with Crippen molar-refractivity contribution >= 4 is 36.4 Å². The summed E-state index contributed by atoms with van der Waals surface area (Å²) in [7, 11) is 0. The molecule has 1 aliphatic carbocycles. The highest BCUT2D eigenvalue weighted by molar-refractivity contribution is 5.91. The molecule has 3 rings (SSSR count). The van der Waals surface area contributed by atoms with E-state index in [2.05, 4.69) is 15.3 Å². The quantitative estimate of drug-likeness (QED) is 0.723. The number of benzene rings is 1. The van der Waals surface area contributed by atoms with Gasteiger partial charge in [0.1, 0.15) is 5.82 Å². The first-order chi connectivity index (χ1) is 11.2. The second kappa shape index (κ2) is 9.80. The van der Waals surface area contributed by atoms with Crippen molar-refractivity contribution in [3.05, 3.63) is 36.7 Å². The van der Waals surface area contributed by atoms with Gasteiger partial charge in [0.15, 0.2) is 0 Å². The van der Waals surface area contributed by atoms with E-state index in [9.17, 15) is 4.79 Å². The van der Waals surface area contributed by atoms with Gasteiger partial charge in [-0.1, -0.05) is 19.3 Å². The van der Waals surface area contributed by atoms with E-state index in [0.717, 1.165) is 29.9 Å². The molecule has 1 aromatic heterocycles. The molecule has 0 unspecified atom stereocenters. The summed E-state index contributed by atoms with van der Waals surface area (Å²) in [6, 6.07) is 7.72. The second-order valence-electron chi connectivity index (χ2n) is 6.50. The number of amides is 1. The van der Waals surface area contributed by atoms with Gasteiger partial charge < -0.3 is 16.0 Å². The maximum Gasteiger partial charge on any atom is 0.224 e. The van der Waals surface area contributed by atoms with Gasteiger partial charge in [0.2, 0.25) is 5.91 Å². The molecule has 0 atom stereocenters. The summed E-state index contributed by atoms with van der Waals surface area (Å²) in [4.78, 5) is 19.7. The fourth-order valence-electron chi connectivity index (χ4n) is 3.44. The topological polar surface area (TPSA) is 83.8 Å². The number of nitrogens with two attached hydrogens (primary N) is 1. The fourth-order valence-corrected chi connectivity index (χ4v) is 3.44. The number of carbonyl (C=O) groups is 1. The highest BCUT2D eigenvalue weighted by Crippen LogP contribution is 2.38. The highest BCUT2D eigenvalue weighted by atomic mass is 35.5. The van der Waals surface area contributed by atoms with Gasteiger partial charge in [0.25, 0.3) is 0 Å². The Morgan fingerprint density at radius 1 is 1.16 bits per heavy atom. The maximum atomic E-state index is 12.4. The van der Waals surface area contributed by atoms with Crippen LogP contribution in [0.3, 0.4) is 0 Å². The van der Waals surface area contributed by atoms with Gasteiger partial charge in [-0.3, -0.25) is 4.79 Å². The summed E-state index contributed by atoms with van der Waals surface area (Å²) >= 11 is 0. The van der Waals surface area contributed by atoms with Crippen LogP contribution >= 0.6 is 24.8 Å². The lowest BCUT2D eigenvalue weighted by atomic mass is 9.71. The molecule has 1 heterocycles. The van der Waals surface area contributed by atoms with E-state index in [4.69, 9.17) is 5.73 Å². The molecule has 4 N–H and O–H groups in total. The van der Waals surface area contributed by atoms with E-state index in [1.54, 1.807) is 12.4 Å². The lowest BCUT2D eigenvalue weighted by molar-refractivity contribution is -0.118. The van der Waals surface area contributed by atoms with E-state index in [1.807, 2.05) is 24.3 Å². The summed E-state index contributed by atoms with van der Waals surface area (Å²) in [5, 5.41) is 3.00. The van der Waals surface area contributed by atoms with Crippen molar-refractivity contribution in [2.45, 2.75) is 38.5 Å². The van der Waals surface area contributed by atoms with Gasteiger partial charge in [0.05, 0.1) is 0 Å². The van der Waals surface area contributed by atoms with E-state index < -0.39 is 0 Å². The zero-order valence-electron chi connectivity index (χ0n) is 14.2. The van der Waals surface area contributed by atoms with Gasteiger partial charge in [-0.05, 0) is 49.1 Å². The number of hydrogen-bond acceptors (Lipinski definition) is 3. The Morgan fingerprint density at radius 2 is 1.84 bits per heavy atom. The van der Waals surface area contributed by atoms with Crippen molar-refractivity contribution in [1.29, 1.82) is 0 Å². The van der Waals surface area contributed by atoms with Crippen molar-refractivity contribution in [3.8, 4) is 11.4 Å². The van der Waals surface area contributed by atoms with Crippen LogP contribution in [0.4, 0.5) is 5.69 Å². The van der Waals surface area contributed by atoms with Gasteiger partial charge in [-0.15, -0.1) is 24.8 Å². The number of carbonyl (C=O) groups excluding carboxylic acids is 1. The Bertz CT molecular complexity index is 638. The van der Waals surface area contributed by atoms with Crippen molar-refractivity contribution in [2.24, 2.45) is 11.1 Å². The SMILES string of the molecule is Cl.Cl.NCC1(CC(=O)Nc2ccc(-c3ncc[nH]3)cc2)CCCCC1. The Kier molecular flexibility index (Phi) is 8.42. The smallest absolute Gasteiger partial charge is 0.224 e. The normalized spacial score (nSPS) is 15.6. The second-order valence-corrected chi connectivity index (χ2v) is 6.50. The molecule has 7 heteroatoms. The van der Waals surface area contributed by atoms with Crippen LogP contribution in [-0.4, -0.2) is 22.4 Å². The van der Waals surface area contributed by atoms with E-state index in [0.29, 0.717) is 13.0 Å². The molecule has 1 aliphatic rings. The highest BCUT2D eigenvalue weighted by Gasteiger charge is 2.32. The average molecular weight is 385 g/mol. The largest absolute Gasteiger partial charge is 0.345 e. The van der Waals surface area contributed by atoms with Crippen LogP contribution in [0.2, 0.25) is 0 Å². The predicted octanol–water partition coefficient (Wildman–Crippen LogP) is 4.16. The molecule has 25 heavy (non-hydrogen) atoms. The van der Waals surface area contributed by atoms with E-state index in [1.165, 1.54) is 19.3 Å². The lowest BCUT2D eigenvalue weighted by Gasteiger charge is -2.35. The number of rotatable bonds is 5. The number of imidazole rings is 1. The van der Waals surface area contributed by atoms with E-state index in [-0.39, 0.29) is 36.1 Å². The Hall–Kier alpha value is -1.56. The molecule has 138 valence electrons. The summed E-state index contributed by atoms with van der Waals surface area (Å²) < 4.78 is 0. The number of H-pyrrole nitrogens is 1. The monoisotopic (exact) mass is 384 g/mol. The third-order valence-electron chi connectivity index (χ3n) is 4.82. The maximum absolute atomic E-state index is 12.4. The number of nitrogens with zero attached hydrogens (tertiary/aromatic N) is 1. The molecule has 1 amide bonds. The molecule has 0 radical (unpaired) electrons. The Balaban J connectivity index is 0.00000156. The molecule has 2 aromatic rings. The van der Waals surface area contributed by atoms with Gasteiger partial charge in [0, 0.05) is 30.1 Å². The number of nitrogens with one attached hydrogen (secondary N) is 2. The van der Waals surface area contributed by atoms with Crippen LogP contribution in [0.1, 0.15) is 38.5 Å². The average Bonchev–Trinajstić information content (AvgIpc) is 3.11. The summed E-state index contributed by atoms with van der Waals surface area (Å²) in [5.74, 6) is 0.885. The molecule has 1 fully saturated rings.